The monoisotopic (exact) mass is 395 g/mol. The van der Waals surface area contributed by atoms with Crippen LogP contribution in [0.1, 0.15) is 37.1 Å². The molecular weight excluding hydrogens is 378 g/mol. The van der Waals surface area contributed by atoms with Crippen LogP contribution in [0.25, 0.3) is 0 Å². The zero-order valence-electron chi connectivity index (χ0n) is 12.9. The van der Waals surface area contributed by atoms with E-state index in [4.69, 9.17) is 9.47 Å². The SMILES string of the molecule is CCn1c(SCc2cc3c(cc2Br)OCCO3)nnc1C1CC1. The first kappa shape index (κ1) is 15.3. The molecule has 0 unspecified atom stereocenters. The lowest BCUT2D eigenvalue weighted by Crippen LogP contribution is -2.15. The van der Waals surface area contributed by atoms with E-state index in [0.29, 0.717) is 19.1 Å². The fourth-order valence-corrected chi connectivity index (χ4v) is 4.36. The normalized spacial score (nSPS) is 16.6. The van der Waals surface area contributed by atoms with Crippen molar-refractivity contribution in [2.75, 3.05) is 13.2 Å². The van der Waals surface area contributed by atoms with Gasteiger partial charge in [-0.25, -0.2) is 0 Å². The fraction of sp³-hybridized carbons (Fsp3) is 0.500. The van der Waals surface area contributed by atoms with Gasteiger partial charge in [0, 0.05) is 22.7 Å². The molecule has 1 aromatic heterocycles. The van der Waals surface area contributed by atoms with E-state index in [9.17, 15) is 0 Å². The molecule has 1 aromatic carbocycles. The maximum atomic E-state index is 5.67. The minimum absolute atomic E-state index is 0.607. The van der Waals surface area contributed by atoms with E-state index in [1.807, 2.05) is 6.07 Å². The topological polar surface area (TPSA) is 49.2 Å². The van der Waals surface area contributed by atoms with Crippen LogP contribution in [0.3, 0.4) is 0 Å². The molecule has 2 heterocycles. The van der Waals surface area contributed by atoms with Gasteiger partial charge in [0.15, 0.2) is 16.7 Å². The molecule has 4 rings (SSSR count). The van der Waals surface area contributed by atoms with Crippen molar-refractivity contribution in [3.63, 3.8) is 0 Å². The number of nitrogens with zero attached hydrogens (tertiary/aromatic N) is 3. The number of benzene rings is 1. The molecule has 0 bridgehead atoms. The Morgan fingerprint density at radius 2 is 1.96 bits per heavy atom. The summed E-state index contributed by atoms with van der Waals surface area (Å²) >= 11 is 5.35. The number of rotatable bonds is 5. The zero-order chi connectivity index (χ0) is 15.8. The molecule has 1 fully saturated rings. The Morgan fingerprint density at radius 3 is 2.65 bits per heavy atom. The van der Waals surface area contributed by atoms with Crippen LogP contribution in [-0.2, 0) is 12.3 Å². The van der Waals surface area contributed by atoms with Gasteiger partial charge < -0.3 is 14.0 Å². The molecule has 5 nitrogen and oxygen atoms in total. The van der Waals surface area contributed by atoms with Gasteiger partial charge in [0.2, 0.25) is 0 Å². The number of halogens is 1. The lowest BCUT2D eigenvalue weighted by atomic mass is 10.2. The largest absolute Gasteiger partial charge is 0.486 e. The van der Waals surface area contributed by atoms with Crippen LogP contribution in [0.4, 0.5) is 0 Å². The number of hydrogen-bond donors (Lipinski definition) is 0. The van der Waals surface area contributed by atoms with Crippen LogP contribution < -0.4 is 9.47 Å². The molecule has 122 valence electrons. The third kappa shape index (κ3) is 3.08. The summed E-state index contributed by atoms with van der Waals surface area (Å²) in [6.07, 6.45) is 2.49. The highest BCUT2D eigenvalue weighted by atomic mass is 79.9. The number of fused-ring (bicyclic) bond motifs is 1. The van der Waals surface area contributed by atoms with Crippen molar-refractivity contribution in [2.24, 2.45) is 0 Å². The summed E-state index contributed by atoms with van der Waals surface area (Å²) in [6.45, 7) is 4.29. The van der Waals surface area contributed by atoms with Crippen molar-refractivity contribution < 1.29 is 9.47 Å². The third-order valence-electron chi connectivity index (χ3n) is 4.07. The number of ether oxygens (including phenoxy) is 2. The van der Waals surface area contributed by atoms with E-state index in [1.165, 1.54) is 18.4 Å². The molecule has 2 aromatic rings. The Hall–Kier alpha value is -1.21. The second-order valence-corrected chi connectivity index (χ2v) is 7.53. The highest BCUT2D eigenvalue weighted by Gasteiger charge is 2.30. The van der Waals surface area contributed by atoms with Crippen molar-refractivity contribution in [3.8, 4) is 11.5 Å². The predicted octanol–water partition coefficient (Wildman–Crippen LogP) is 4.00. The van der Waals surface area contributed by atoms with Gasteiger partial charge in [-0.15, -0.1) is 10.2 Å². The van der Waals surface area contributed by atoms with E-state index in [-0.39, 0.29) is 0 Å². The Labute approximate surface area is 147 Å². The van der Waals surface area contributed by atoms with Crippen molar-refractivity contribution >= 4 is 27.7 Å². The van der Waals surface area contributed by atoms with E-state index < -0.39 is 0 Å². The average molecular weight is 396 g/mol. The lowest BCUT2D eigenvalue weighted by molar-refractivity contribution is 0.171. The van der Waals surface area contributed by atoms with E-state index >= 15 is 0 Å². The molecule has 7 heteroatoms. The molecule has 0 spiro atoms. The number of hydrogen-bond acceptors (Lipinski definition) is 5. The molecule has 1 aliphatic heterocycles. The van der Waals surface area contributed by atoms with E-state index in [1.54, 1.807) is 11.8 Å². The maximum Gasteiger partial charge on any atom is 0.191 e. The summed E-state index contributed by atoms with van der Waals surface area (Å²) in [7, 11) is 0. The van der Waals surface area contributed by atoms with Crippen LogP contribution in [0.15, 0.2) is 21.8 Å². The quantitative estimate of drug-likeness (QED) is 0.715. The minimum Gasteiger partial charge on any atom is -0.486 e. The van der Waals surface area contributed by atoms with Gasteiger partial charge >= 0.3 is 0 Å². The highest BCUT2D eigenvalue weighted by Crippen LogP contribution is 2.41. The molecule has 2 aliphatic rings. The van der Waals surface area contributed by atoms with Crippen LogP contribution in [0, 0.1) is 0 Å². The molecule has 0 atom stereocenters. The summed E-state index contributed by atoms with van der Waals surface area (Å²) in [5, 5.41) is 9.77. The van der Waals surface area contributed by atoms with Crippen molar-refractivity contribution in [1.82, 2.24) is 14.8 Å². The summed E-state index contributed by atoms with van der Waals surface area (Å²) in [5.74, 6) is 4.23. The average Bonchev–Trinajstić information content (AvgIpc) is 3.33. The van der Waals surface area contributed by atoms with Crippen molar-refractivity contribution in [2.45, 2.75) is 43.1 Å². The van der Waals surface area contributed by atoms with Gasteiger partial charge in [0.05, 0.1) is 0 Å². The third-order valence-corrected chi connectivity index (χ3v) is 5.83. The second kappa shape index (κ2) is 6.36. The van der Waals surface area contributed by atoms with Gasteiger partial charge in [-0.05, 0) is 37.5 Å². The van der Waals surface area contributed by atoms with Gasteiger partial charge in [-0.2, -0.15) is 0 Å². The maximum absolute atomic E-state index is 5.67. The Bertz CT molecular complexity index is 730. The first-order chi connectivity index (χ1) is 11.3. The van der Waals surface area contributed by atoms with Crippen molar-refractivity contribution in [1.29, 1.82) is 0 Å². The van der Waals surface area contributed by atoms with Crippen molar-refractivity contribution in [3.05, 3.63) is 28.0 Å². The summed E-state index contributed by atoms with van der Waals surface area (Å²) in [5.41, 5.74) is 1.18. The van der Waals surface area contributed by atoms with Crippen LogP contribution in [0.5, 0.6) is 11.5 Å². The molecule has 0 radical (unpaired) electrons. The molecule has 0 N–H and O–H groups in total. The molecule has 0 amide bonds. The molecule has 0 saturated heterocycles. The van der Waals surface area contributed by atoms with Gasteiger partial charge in [0.25, 0.3) is 0 Å². The second-order valence-electron chi connectivity index (χ2n) is 5.74. The fourth-order valence-electron chi connectivity index (χ4n) is 2.71. The highest BCUT2D eigenvalue weighted by molar-refractivity contribution is 9.10. The summed E-state index contributed by atoms with van der Waals surface area (Å²) < 4.78 is 14.6. The van der Waals surface area contributed by atoms with Gasteiger partial charge in [-0.1, -0.05) is 27.7 Å². The number of aromatic nitrogens is 3. The Morgan fingerprint density at radius 1 is 1.22 bits per heavy atom. The summed E-state index contributed by atoms with van der Waals surface area (Å²) in [4.78, 5) is 0. The van der Waals surface area contributed by atoms with Crippen LogP contribution in [0.2, 0.25) is 0 Å². The Balaban J connectivity index is 1.53. The van der Waals surface area contributed by atoms with E-state index in [0.717, 1.165) is 39.3 Å². The van der Waals surface area contributed by atoms with Gasteiger partial charge in [-0.3, -0.25) is 0 Å². The first-order valence-corrected chi connectivity index (χ1v) is 9.68. The standard InChI is InChI=1S/C16H18BrN3O2S/c1-2-20-15(10-3-4-10)18-19-16(20)23-9-11-7-13-14(8-12(11)17)22-6-5-21-13/h7-8,10H,2-6,9H2,1H3. The molecular formula is C16H18BrN3O2S. The minimum atomic E-state index is 0.607. The van der Waals surface area contributed by atoms with E-state index in [2.05, 4.69) is 43.7 Å². The number of thioether (sulfide) groups is 1. The first-order valence-electron chi connectivity index (χ1n) is 7.90. The molecule has 1 saturated carbocycles. The molecule has 23 heavy (non-hydrogen) atoms. The van der Waals surface area contributed by atoms with Crippen LogP contribution >= 0.6 is 27.7 Å². The Kier molecular flexibility index (Phi) is 4.24. The summed E-state index contributed by atoms with van der Waals surface area (Å²) in [6, 6.07) is 4.05. The predicted molar refractivity (Wildman–Crippen MR) is 92.4 cm³/mol. The molecule has 1 aliphatic carbocycles. The van der Waals surface area contributed by atoms with Gasteiger partial charge in [0.1, 0.15) is 19.0 Å². The zero-order valence-corrected chi connectivity index (χ0v) is 15.3. The van der Waals surface area contributed by atoms with Crippen LogP contribution in [-0.4, -0.2) is 28.0 Å². The smallest absolute Gasteiger partial charge is 0.191 e. The lowest BCUT2D eigenvalue weighted by Gasteiger charge is -2.19.